The Morgan fingerprint density at radius 1 is 1.58 bits per heavy atom. The highest BCUT2D eigenvalue weighted by Gasteiger charge is 2.15. The molecule has 1 atom stereocenters. The molecule has 0 amide bonds. The Morgan fingerprint density at radius 3 is 2.83 bits per heavy atom. The molecule has 1 aliphatic rings. The summed E-state index contributed by atoms with van der Waals surface area (Å²) < 4.78 is 31.0. The lowest BCUT2D eigenvalue weighted by Crippen LogP contribution is -2.11. The highest BCUT2D eigenvalue weighted by molar-refractivity contribution is 7.85. The van der Waals surface area contributed by atoms with Gasteiger partial charge >= 0.3 is 0 Å². The fourth-order valence-corrected chi connectivity index (χ4v) is 1.60. The van der Waals surface area contributed by atoms with Crippen LogP contribution in [0.3, 0.4) is 0 Å². The van der Waals surface area contributed by atoms with Gasteiger partial charge in [-0.25, -0.2) is 0 Å². The zero-order valence-electron chi connectivity index (χ0n) is 7.15. The van der Waals surface area contributed by atoms with E-state index in [-0.39, 0.29) is 12.7 Å². The van der Waals surface area contributed by atoms with E-state index < -0.39 is 10.1 Å². The van der Waals surface area contributed by atoms with Crippen molar-refractivity contribution in [3.8, 4) is 0 Å². The zero-order valence-corrected chi connectivity index (χ0v) is 7.97. The number of ether oxygens (including phenoxy) is 1. The van der Waals surface area contributed by atoms with Gasteiger partial charge in [0.15, 0.2) is 0 Å². The van der Waals surface area contributed by atoms with Crippen LogP contribution < -0.4 is 0 Å². The van der Waals surface area contributed by atoms with Crippen molar-refractivity contribution in [2.45, 2.75) is 25.4 Å². The third-order valence-corrected chi connectivity index (χ3v) is 2.36. The van der Waals surface area contributed by atoms with Gasteiger partial charge in [-0.15, -0.1) is 0 Å². The summed E-state index contributed by atoms with van der Waals surface area (Å²) in [5.74, 6) is 0. The maximum absolute atomic E-state index is 10.5. The van der Waals surface area contributed by atoms with Gasteiger partial charge in [-0.2, -0.15) is 8.42 Å². The van der Waals surface area contributed by atoms with Crippen molar-refractivity contribution in [3.63, 3.8) is 0 Å². The van der Waals surface area contributed by atoms with Crippen molar-refractivity contribution in [3.05, 3.63) is 0 Å². The summed E-state index contributed by atoms with van der Waals surface area (Å²) in [4.78, 5) is 0. The zero-order chi connectivity index (χ0) is 9.03. The van der Waals surface area contributed by atoms with Crippen molar-refractivity contribution in [1.29, 1.82) is 0 Å². The molecule has 0 bridgehead atoms. The van der Waals surface area contributed by atoms with Crippen molar-refractivity contribution >= 4 is 10.1 Å². The van der Waals surface area contributed by atoms with Gasteiger partial charge in [0.25, 0.3) is 10.1 Å². The van der Waals surface area contributed by atoms with Crippen LogP contribution in [0.2, 0.25) is 0 Å². The van der Waals surface area contributed by atoms with Gasteiger partial charge in [-0.1, -0.05) is 0 Å². The molecule has 0 aliphatic carbocycles. The first-order valence-corrected chi connectivity index (χ1v) is 5.85. The fraction of sp³-hybridized carbons (Fsp3) is 1.00. The van der Waals surface area contributed by atoms with Crippen molar-refractivity contribution in [1.82, 2.24) is 0 Å². The third-order valence-electron chi connectivity index (χ3n) is 1.76. The van der Waals surface area contributed by atoms with E-state index in [1.807, 2.05) is 0 Å². The van der Waals surface area contributed by atoms with Gasteiger partial charge in [0.2, 0.25) is 0 Å². The molecular weight excluding hydrogens is 180 g/mol. The molecule has 0 aromatic carbocycles. The van der Waals surface area contributed by atoms with E-state index in [4.69, 9.17) is 4.74 Å². The molecule has 72 valence electrons. The maximum atomic E-state index is 10.5. The van der Waals surface area contributed by atoms with Crippen molar-refractivity contribution in [2.75, 3.05) is 19.5 Å². The first-order chi connectivity index (χ1) is 5.58. The number of rotatable bonds is 4. The molecule has 0 saturated carbocycles. The van der Waals surface area contributed by atoms with E-state index in [9.17, 15) is 8.42 Å². The molecular formula is C7H14O4S. The van der Waals surface area contributed by atoms with Gasteiger partial charge in [0, 0.05) is 6.61 Å². The largest absolute Gasteiger partial charge is 0.378 e. The van der Waals surface area contributed by atoms with Crippen LogP contribution in [0.25, 0.3) is 0 Å². The number of hydrogen-bond donors (Lipinski definition) is 0. The number of hydrogen-bond acceptors (Lipinski definition) is 4. The summed E-state index contributed by atoms with van der Waals surface area (Å²) in [5, 5.41) is 0. The Kier molecular flexibility index (Phi) is 3.49. The third kappa shape index (κ3) is 4.04. The van der Waals surface area contributed by atoms with Crippen LogP contribution in [0.4, 0.5) is 0 Å². The molecule has 0 unspecified atom stereocenters. The summed E-state index contributed by atoms with van der Waals surface area (Å²) in [5.41, 5.74) is 0. The average Bonchev–Trinajstić information content (AvgIpc) is 2.36. The lowest BCUT2D eigenvalue weighted by molar-refractivity contribution is 0.0915. The van der Waals surface area contributed by atoms with E-state index in [0.29, 0.717) is 6.42 Å². The van der Waals surface area contributed by atoms with Crippen LogP contribution in [-0.4, -0.2) is 34.0 Å². The summed E-state index contributed by atoms with van der Waals surface area (Å²) in [6, 6.07) is 0. The van der Waals surface area contributed by atoms with E-state index in [1.54, 1.807) is 0 Å². The summed E-state index contributed by atoms with van der Waals surface area (Å²) in [7, 11) is -3.27. The molecule has 0 radical (unpaired) electrons. The minimum absolute atomic E-state index is 0.201. The average molecular weight is 194 g/mol. The second-order valence-electron chi connectivity index (χ2n) is 2.95. The van der Waals surface area contributed by atoms with Crippen LogP contribution in [0, 0.1) is 0 Å². The Bertz CT molecular complexity index is 216. The molecule has 1 aliphatic heterocycles. The summed E-state index contributed by atoms with van der Waals surface area (Å²) >= 11 is 0. The molecule has 0 N–H and O–H groups in total. The lowest BCUT2D eigenvalue weighted by atomic mass is 10.2. The van der Waals surface area contributed by atoms with Gasteiger partial charge in [-0.3, -0.25) is 4.18 Å². The van der Waals surface area contributed by atoms with Crippen molar-refractivity contribution < 1.29 is 17.3 Å². The summed E-state index contributed by atoms with van der Waals surface area (Å²) in [6.07, 6.45) is 4.03. The molecule has 0 aromatic rings. The molecule has 1 saturated heterocycles. The second-order valence-corrected chi connectivity index (χ2v) is 4.59. The van der Waals surface area contributed by atoms with Gasteiger partial charge in [0.05, 0.1) is 19.0 Å². The van der Waals surface area contributed by atoms with E-state index >= 15 is 0 Å². The van der Waals surface area contributed by atoms with Crippen LogP contribution >= 0.6 is 0 Å². The summed E-state index contributed by atoms with van der Waals surface area (Å²) in [6.45, 7) is 1.03. The molecule has 4 nitrogen and oxygen atoms in total. The standard InChI is InChI=1S/C7H14O4S/c1-12(8,9)11-6-4-7-3-2-5-10-7/h7H,2-6H2,1H3/t7-/m0/s1. The maximum Gasteiger partial charge on any atom is 0.264 e. The highest BCUT2D eigenvalue weighted by Crippen LogP contribution is 2.15. The van der Waals surface area contributed by atoms with E-state index in [0.717, 1.165) is 25.7 Å². The topological polar surface area (TPSA) is 52.6 Å². The quantitative estimate of drug-likeness (QED) is 0.613. The molecule has 1 fully saturated rings. The Labute approximate surface area is 73.0 Å². The van der Waals surface area contributed by atoms with Crippen LogP contribution in [0.5, 0.6) is 0 Å². The predicted octanol–water partition coefficient (Wildman–Crippen LogP) is 0.532. The first kappa shape index (κ1) is 9.95. The Morgan fingerprint density at radius 2 is 2.33 bits per heavy atom. The normalized spacial score (nSPS) is 24.6. The first-order valence-electron chi connectivity index (χ1n) is 4.04. The second kappa shape index (κ2) is 4.20. The smallest absolute Gasteiger partial charge is 0.264 e. The van der Waals surface area contributed by atoms with Crippen LogP contribution in [-0.2, 0) is 19.0 Å². The van der Waals surface area contributed by atoms with Crippen molar-refractivity contribution in [2.24, 2.45) is 0 Å². The molecule has 1 heterocycles. The van der Waals surface area contributed by atoms with E-state index in [1.165, 1.54) is 0 Å². The minimum atomic E-state index is -3.27. The minimum Gasteiger partial charge on any atom is -0.378 e. The molecule has 1 rings (SSSR count). The van der Waals surface area contributed by atoms with Gasteiger partial charge in [-0.05, 0) is 19.3 Å². The van der Waals surface area contributed by atoms with Gasteiger partial charge in [0.1, 0.15) is 0 Å². The van der Waals surface area contributed by atoms with E-state index in [2.05, 4.69) is 4.18 Å². The molecule has 12 heavy (non-hydrogen) atoms. The molecule has 0 spiro atoms. The molecule has 0 aromatic heterocycles. The fourth-order valence-electron chi connectivity index (χ4n) is 1.20. The Balaban J connectivity index is 2.09. The monoisotopic (exact) mass is 194 g/mol. The predicted molar refractivity (Wildman–Crippen MR) is 44.4 cm³/mol. The van der Waals surface area contributed by atoms with Crippen LogP contribution in [0.1, 0.15) is 19.3 Å². The van der Waals surface area contributed by atoms with Crippen LogP contribution in [0.15, 0.2) is 0 Å². The Hall–Kier alpha value is -0.130. The lowest BCUT2D eigenvalue weighted by Gasteiger charge is -2.07. The highest BCUT2D eigenvalue weighted by atomic mass is 32.2. The van der Waals surface area contributed by atoms with Gasteiger partial charge < -0.3 is 4.74 Å². The SMILES string of the molecule is CS(=O)(=O)OCC[C@@H]1CCCO1. The molecule has 5 heteroatoms.